The molecule has 4 nitrogen and oxygen atoms in total. The van der Waals surface area contributed by atoms with Gasteiger partial charge in [0, 0.05) is 5.33 Å². The summed E-state index contributed by atoms with van der Waals surface area (Å²) >= 11 is 3.43. The van der Waals surface area contributed by atoms with E-state index in [0.29, 0.717) is 46.2 Å². The maximum atomic E-state index is 5.71. The summed E-state index contributed by atoms with van der Waals surface area (Å²) < 4.78 is 21.8. The van der Waals surface area contributed by atoms with Crippen molar-refractivity contribution in [1.29, 1.82) is 0 Å². The molecular weight excluding hydrogens is 264 g/mol. The fourth-order valence-corrected chi connectivity index (χ4v) is 1.52. The highest BCUT2D eigenvalue weighted by molar-refractivity contribution is 9.09. The van der Waals surface area contributed by atoms with Crippen LogP contribution in [0.3, 0.4) is 0 Å². The van der Waals surface area contributed by atoms with E-state index >= 15 is 0 Å². The van der Waals surface area contributed by atoms with Crippen LogP contribution in [0, 0.1) is 0 Å². The van der Waals surface area contributed by atoms with Gasteiger partial charge in [-0.25, -0.2) is 0 Å². The molecule has 0 aromatic carbocycles. The van der Waals surface area contributed by atoms with Crippen LogP contribution in [0.2, 0.25) is 0 Å². The van der Waals surface area contributed by atoms with E-state index in [1.165, 1.54) is 0 Å². The average Bonchev–Trinajstić information content (AvgIpc) is 2.23. The maximum absolute atomic E-state index is 5.71. The average molecular weight is 283 g/mol. The lowest BCUT2D eigenvalue weighted by Crippen LogP contribution is -2.38. The molecule has 1 rings (SSSR count). The summed E-state index contributed by atoms with van der Waals surface area (Å²) in [5.41, 5.74) is -0.275. The molecule has 0 N–H and O–H groups in total. The molecule has 1 unspecified atom stereocenters. The lowest BCUT2D eigenvalue weighted by atomic mass is 10.1. The van der Waals surface area contributed by atoms with E-state index in [-0.39, 0.29) is 5.60 Å². The number of ether oxygens (including phenoxy) is 4. The molecule has 0 amide bonds. The normalized spacial score (nSPS) is 31.6. The first-order valence-corrected chi connectivity index (χ1v) is 6.32. The van der Waals surface area contributed by atoms with Crippen molar-refractivity contribution in [2.75, 3.05) is 51.6 Å². The molecule has 5 heteroatoms. The van der Waals surface area contributed by atoms with E-state index < -0.39 is 0 Å². The molecule has 0 aliphatic carbocycles. The number of hydrogen-bond acceptors (Lipinski definition) is 4. The lowest BCUT2D eigenvalue weighted by molar-refractivity contribution is -0.103. The molecule has 15 heavy (non-hydrogen) atoms. The highest BCUT2D eigenvalue weighted by Gasteiger charge is 2.24. The summed E-state index contributed by atoms with van der Waals surface area (Å²) in [6.45, 7) is 6.24. The summed E-state index contributed by atoms with van der Waals surface area (Å²) in [5.74, 6) is 0. The predicted octanol–water partition coefficient (Wildman–Crippen LogP) is 1.22. The smallest absolute Gasteiger partial charge is 0.0984 e. The quantitative estimate of drug-likeness (QED) is 0.678. The van der Waals surface area contributed by atoms with Crippen LogP contribution in [0.4, 0.5) is 0 Å². The first-order chi connectivity index (χ1) is 7.27. The summed E-state index contributed by atoms with van der Waals surface area (Å²) in [6.07, 6.45) is 0. The van der Waals surface area contributed by atoms with Gasteiger partial charge in [0.1, 0.15) is 0 Å². The molecule has 0 saturated carbocycles. The van der Waals surface area contributed by atoms with Crippen LogP contribution in [0.5, 0.6) is 0 Å². The highest BCUT2D eigenvalue weighted by Crippen LogP contribution is 2.14. The van der Waals surface area contributed by atoms with Crippen molar-refractivity contribution in [3.05, 3.63) is 0 Å². The minimum Gasteiger partial charge on any atom is -0.377 e. The Balaban J connectivity index is 2.32. The first-order valence-electron chi connectivity index (χ1n) is 5.20. The Labute approximate surface area is 99.3 Å². The van der Waals surface area contributed by atoms with Crippen LogP contribution in [0.1, 0.15) is 6.92 Å². The van der Waals surface area contributed by atoms with E-state index in [1.807, 2.05) is 6.92 Å². The molecule has 0 aromatic heterocycles. The molecule has 0 bridgehead atoms. The summed E-state index contributed by atoms with van der Waals surface area (Å²) in [7, 11) is 0. The van der Waals surface area contributed by atoms with Crippen LogP contribution in [0.15, 0.2) is 0 Å². The third-order valence-corrected chi connectivity index (χ3v) is 3.30. The zero-order valence-electron chi connectivity index (χ0n) is 9.17. The van der Waals surface area contributed by atoms with Crippen LogP contribution in [-0.2, 0) is 18.9 Å². The topological polar surface area (TPSA) is 36.9 Å². The molecule has 0 radical (unpaired) electrons. The Morgan fingerprint density at radius 3 is 2.07 bits per heavy atom. The van der Waals surface area contributed by atoms with Crippen molar-refractivity contribution in [3.8, 4) is 0 Å². The number of hydrogen-bond donors (Lipinski definition) is 0. The van der Waals surface area contributed by atoms with Gasteiger partial charge in [-0.3, -0.25) is 0 Å². The maximum Gasteiger partial charge on any atom is 0.0984 e. The van der Waals surface area contributed by atoms with Crippen LogP contribution in [0.25, 0.3) is 0 Å². The van der Waals surface area contributed by atoms with Gasteiger partial charge >= 0.3 is 0 Å². The van der Waals surface area contributed by atoms with Gasteiger partial charge in [-0.15, -0.1) is 0 Å². The first kappa shape index (κ1) is 13.4. The fourth-order valence-electron chi connectivity index (χ4n) is 1.19. The van der Waals surface area contributed by atoms with E-state index in [4.69, 9.17) is 18.9 Å². The van der Waals surface area contributed by atoms with Crippen molar-refractivity contribution in [3.63, 3.8) is 0 Å². The molecule has 1 saturated heterocycles. The second kappa shape index (κ2) is 7.57. The van der Waals surface area contributed by atoms with Crippen LogP contribution >= 0.6 is 15.9 Å². The van der Waals surface area contributed by atoms with Gasteiger partial charge in [-0.1, -0.05) is 15.9 Å². The molecule has 1 atom stereocenters. The summed E-state index contributed by atoms with van der Waals surface area (Å²) in [4.78, 5) is 0. The van der Waals surface area contributed by atoms with Gasteiger partial charge < -0.3 is 18.9 Å². The molecule has 0 aromatic rings. The predicted molar refractivity (Wildman–Crippen MR) is 60.6 cm³/mol. The minimum atomic E-state index is -0.275. The van der Waals surface area contributed by atoms with Crippen LogP contribution < -0.4 is 0 Å². The van der Waals surface area contributed by atoms with E-state index in [2.05, 4.69) is 15.9 Å². The second-order valence-electron chi connectivity index (χ2n) is 3.71. The van der Waals surface area contributed by atoms with Crippen molar-refractivity contribution in [1.82, 2.24) is 0 Å². The van der Waals surface area contributed by atoms with Gasteiger partial charge in [-0.2, -0.15) is 0 Å². The number of alkyl halides is 1. The van der Waals surface area contributed by atoms with Crippen molar-refractivity contribution < 1.29 is 18.9 Å². The standard InChI is InChI=1S/C10H19BrO4/c1-10(8-11)9-14-5-4-12-2-3-13-6-7-15-10/h2-9H2,1H3. The monoisotopic (exact) mass is 282 g/mol. The Bertz CT molecular complexity index is 154. The lowest BCUT2D eigenvalue weighted by Gasteiger charge is -2.28. The van der Waals surface area contributed by atoms with E-state index in [0.717, 1.165) is 5.33 Å². The molecular formula is C10H19BrO4. The minimum absolute atomic E-state index is 0.275. The van der Waals surface area contributed by atoms with Crippen molar-refractivity contribution in [2.24, 2.45) is 0 Å². The fraction of sp³-hybridized carbons (Fsp3) is 1.00. The van der Waals surface area contributed by atoms with Gasteiger partial charge in [0.25, 0.3) is 0 Å². The zero-order valence-corrected chi connectivity index (χ0v) is 10.8. The third kappa shape index (κ3) is 5.82. The third-order valence-electron chi connectivity index (χ3n) is 2.11. The SMILES string of the molecule is CC1(CBr)COCCOCCOCCO1. The molecule has 1 fully saturated rings. The largest absolute Gasteiger partial charge is 0.377 e. The van der Waals surface area contributed by atoms with Crippen molar-refractivity contribution in [2.45, 2.75) is 12.5 Å². The molecule has 0 spiro atoms. The molecule has 1 aliphatic rings. The molecule has 90 valence electrons. The Kier molecular flexibility index (Phi) is 6.76. The second-order valence-corrected chi connectivity index (χ2v) is 4.27. The van der Waals surface area contributed by atoms with Crippen molar-refractivity contribution >= 4 is 15.9 Å². The molecule has 1 aliphatic heterocycles. The summed E-state index contributed by atoms with van der Waals surface area (Å²) in [6, 6.07) is 0. The highest BCUT2D eigenvalue weighted by atomic mass is 79.9. The van der Waals surface area contributed by atoms with E-state index in [1.54, 1.807) is 0 Å². The van der Waals surface area contributed by atoms with Gasteiger partial charge in [-0.05, 0) is 6.92 Å². The molecule has 1 heterocycles. The Morgan fingerprint density at radius 1 is 0.933 bits per heavy atom. The summed E-state index contributed by atoms with van der Waals surface area (Å²) in [5, 5.41) is 0.751. The van der Waals surface area contributed by atoms with Crippen LogP contribution in [-0.4, -0.2) is 57.2 Å². The van der Waals surface area contributed by atoms with Gasteiger partial charge in [0.2, 0.25) is 0 Å². The van der Waals surface area contributed by atoms with Gasteiger partial charge in [0.05, 0.1) is 51.8 Å². The Hall–Kier alpha value is 0.320. The zero-order chi connectivity index (χ0) is 11.0. The van der Waals surface area contributed by atoms with E-state index in [9.17, 15) is 0 Å². The number of rotatable bonds is 1. The number of halogens is 1. The van der Waals surface area contributed by atoms with Gasteiger partial charge in [0.15, 0.2) is 0 Å². The Morgan fingerprint density at radius 2 is 1.47 bits per heavy atom.